The molecule has 0 spiro atoms. The van der Waals surface area contributed by atoms with Gasteiger partial charge < -0.3 is 20.9 Å². The van der Waals surface area contributed by atoms with Crippen LogP contribution in [0.4, 0.5) is 17.3 Å². The fourth-order valence-electron chi connectivity index (χ4n) is 4.03. The molecule has 2 aliphatic heterocycles. The number of carbonyl (C=O) groups is 2. The highest BCUT2D eigenvalue weighted by Gasteiger charge is 2.25. The second-order valence-electron chi connectivity index (χ2n) is 7.70. The maximum atomic E-state index is 13.0. The molecule has 0 atom stereocenters. The lowest BCUT2D eigenvalue weighted by molar-refractivity contribution is -0.122. The number of nitrogens with zero attached hydrogens (tertiary/aromatic N) is 4. The Labute approximate surface area is 180 Å². The lowest BCUT2D eigenvalue weighted by atomic mass is 9.96. The lowest BCUT2D eigenvalue weighted by Crippen LogP contribution is -2.38. The zero-order valence-corrected chi connectivity index (χ0v) is 17.4. The summed E-state index contributed by atoms with van der Waals surface area (Å²) in [5, 5.41) is 3.17. The molecule has 3 heterocycles. The van der Waals surface area contributed by atoms with E-state index in [9.17, 15) is 9.59 Å². The fourth-order valence-corrected chi connectivity index (χ4v) is 4.20. The Morgan fingerprint density at radius 3 is 2.47 bits per heavy atom. The first-order chi connectivity index (χ1) is 14.5. The van der Waals surface area contributed by atoms with E-state index < -0.39 is 0 Å². The maximum Gasteiger partial charge on any atom is 0.276 e. The predicted octanol–water partition coefficient (Wildman–Crippen LogP) is 2.68. The molecule has 2 fully saturated rings. The molecule has 1 aromatic carbocycles. The maximum absolute atomic E-state index is 13.0. The zero-order valence-electron chi connectivity index (χ0n) is 16.7. The number of para-hydroxylation sites is 2. The second kappa shape index (κ2) is 8.87. The van der Waals surface area contributed by atoms with E-state index in [-0.39, 0.29) is 28.4 Å². The number of benzene rings is 1. The molecule has 2 saturated heterocycles. The third-order valence-corrected chi connectivity index (χ3v) is 6.00. The van der Waals surface area contributed by atoms with Crippen molar-refractivity contribution in [2.24, 2.45) is 11.7 Å². The van der Waals surface area contributed by atoms with Gasteiger partial charge in [-0.2, -0.15) is 0 Å². The van der Waals surface area contributed by atoms with Crippen LogP contribution in [-0.2, 0) is 4.79 Å². The monoisotopic (exact) mass is 428 g/mol. The Balaban J connectivity index is 1.52. The standard InChI is InChI=1S/C21H25ClN6O2/c22-15-13-24-21(28-9-3-4-10-28)26-18(15)20(30)25-16-5-1-2-6-17(16)27-11-7-14(8-12-27)19(23)29/h1-2,5-6,13-14H,3-4,7-12H2,(H2,23,29)(H,25,30). The van der Waals surface area contributed by atoms with Gasteiger partial charge in [0, 0.05) is 32.1 Å². The number of rotatable bonds is 5. The van der Waals surface area contributed by atoms with Crippen LogP contribution < -0.4 is 20.9 Å². The molecule has 9 heteroatoms. The van der Waals surface area contributed by atoms with E-state index in [0.717, 1.165) is 31.6 Å². The topological polar surface area (TPSA) is 104 Å². The summed E-state index contributed by atoms with van der Waals surface area (Å²) in [6.45, 7) is 3.17. The molecule has 3 N–H and O–H groups in total. The number of hydrogen-bond donors (Lipinski definition) is 2. The van der Waals surface area contributed by atoms with E-state index in [4.69, 9.17) is 17.3 Å². The minimum atomic E-state index is -0.373. The van der Waals surface area contributed by atoms with Gasteiger partial charge in [-0.15, -0.1) is 0 Å². The molecule has 2 aliphatic rings. The van der Waals surface area contributed by atoms with Gasteiger partial charge in [0.25, 0.3) is 5.91 Å². The van der Waals surface area contributed by atoms with Crippen molar-refractivity contribution in [1.82, 2.24) is 9.97 Å². The van der Waals surface area contributed by atoms with Gasteiger partial charge in [0.15, 0.2) is 5.69 Å². The van der Waals surface area contributed by atoms with Gasteiger partial charge in [-0.1, -0.05) is 23.7 Å². The molecular formula is C21H25ClN6O2. The minimum Gasteiger partial charge on any atom is -0.370 e. The molecule has 0 aliphatic carbocycles. The molecular weight excluding hydrogens is 404 g/mol. The van der Waals surface area contributed by atoms with Crippen molar-refractivity contribution in [2.45, 2.75) is 25.7 Å². The van der Waals surface area contributed by atoms with E-state index in [2.05, 4.69) is 25.1 Å². The van der Waals surface area contributed by atoms with E-state index in [1.807, 2.05) is 24.3 Å². The largest absolute Gasteiger partial charge is 0.370 e. The molecule has 1 aromatic heterocycles. The molecule has 2 amide bonds. The van der Waals surface area contributed by atoms with Crippen LogP contribution in [0.3, 0.4) is 0 Å². The summed E-state index contributed by atoms with van der Waals surface area (Å²) in [4.78, 5) is 37.4. The van der Waals surface area contributed by atoms with Crippen LogP contribution in [0.1, 0.15) is 36.2 Å². The van der Waals surface area contributed by atoms with Crippen LogP contribution in [0.15, 0.2) is 30.5 Å². The minimum absolute atomic E-state index is 0.0909. The van der Waals surface area contributed by atoms with Gasteiger partial charge in [-0.3, -0.25) is 9.59 Å². The molecule has 8 nitrogen and oxygen atoms in total. The average Bonchev–Trinajstić information content (AvgIpc) is 3.29. The summed E-state index contributed by atoms with van der Waals surface area (Å²) in [5.74, 6) is -0.179. The van der Waals surface area contributed by atoms with Crippen LogP contribution in [0, 0.1) is 5.92 Å². The molecule has 158 valence electrons. The van der Waals surface area contributed by atoms with Gasteiger partial charge in [0.1, 0.15) is 0 Å². The first-order valence-electron chi connectivity index (χ1n) is 10.2. The van der Waals surface area contributed by atoms with Crippen molar-refractivity contribution in [3.05, 3.63) is 41.2 Å². The van der Waals surface area contributed by atoms with Gasteiger partial charge in [0.05, 0.1) is 22.6 Å². The molecule has 2 aromatic rings. The van der Waals surface area contributed by atoms with Crippen molar-refractivity contribution in [3.63, 3.8) is 0 Å². The van der Waals surface area contributed by atoms with Crippen LogP contribution in [0.5, 0.6) is 0 Å². The van der Waals surface area contributed by atoms with Gasteiger partial charge in [0.2, 0.25) is 11.9 Å². The highest BCUT2D eigenvalue weighted by Crippen LogP contribution is 2.30. The Kier molecular flexibility index (Phi) is 6.03. The number of amides is 2. The van der Waals surface area contributed by atoms with Gasteiger partial charge >= 0.3 is 0 Å². The van der Waals surface area contributed by atoms with E-state index >= 15 is 0 Å². The van der Waals surface area contributed by atoms with Crippen molar-refractivity contribution in [1.29, 1.82) is 0 Å². The number of piperidine rings is 1. The van der Waals surface area contributed by atoms with Gasteiger partial charge in [-0.25, -0.2) is 9.97 Å². The number of nitrogens with one attached hydrogen (secondary N) is 1. The summed E-state index contributed by atoms with van der Waals surface area (Å²) in [7, 11) is 0. The number of anilines is 3. The number of aromatic nitrogens is 2. The molecule has 30 heavy (non-hydrogen) atoms. The first kappa shape index (κ1) is 20.4. The normalized spacial score (nSPS) is 17.2. The van der Waals surface area contributed by atoms with E-state index in [1.54, 1.807) is 0 Å². The summed E-state index contributed by atoms with van der Waals surface area (Å²) in [6, 6.07) is 7.60. The quantitative estimate of drug-likeness (QED) is 0.758. The van der Waals surface area contributed by atoms with Crippen LogP contribution >= 0.6 is 11.6 Å². The van der Waals surface area contributed by atoms with Crippen molar-refractivity contribution in [2.75, 3.05) is 41.3 Å². The number of primary amides is 1. The fraction of sp³-hybridized carbons (Fsp3) is 0.429. The Hall–Kier alpha value is -2.87. The molecule has 4 rings (SSSR count). The Morgan fingerprint density at radius 1 is 1.07 bits per heavy atom. The summed E-state index contributed by atoms with van der Waals surface area (Å²) in [6.07, 6.45) is 5.07. The third-order valence-electron chi connectivity index (χ3n) is 5.73. The van der Waals surface area contributed by atoms with Crippen LogP contribution in [0.2, 0.25) is 5.02 Å². The van der Waals surface area contributed by atoms with Gasteiger partial charge in [-0.05, 0) is 37.8 Å². The lowest BCUT2D eigenvalue weighted by Gasteiger charge is -2.33. The predicted molar refractivity (Wildman–Crippen MR) is 117 cm³/mol. The number of halogens is 1. The molecule has 0 unspecified atom stereocenters. The van der Waals surface area contributed by atoms with Crippen molar-refractivity contribution >= 4 is 40.7 Å². The summed E-state index contributed by atoms with van der Waals surface area (Å²) in [5.41, 5.74) is 7.18. The SMILES string of the molecule is NC(=O)C1CCN(c2ccccc2NC(=O)c2nc(N3CCCC3)ncc2Cl)CC1. The second-order valence-corrected chi connectivity index (χ2v) is 8.10. The van der Waals surface area contributed by atoms with E-state index in [1.165, 1.54) is 6.20 Å². The molecule has 0 radical (unpaired) electrons. The number of carbonyl (C=O) groups excluding carboxylic acids is 2. The van der Waals surface area contributed by atoms with Crippen molar-refractivity contribution < 1.29 is 9.59 Å². The van der Waals surface area contributed by atoms with E-state index in [0.29, 0.717) is 37.6 Å². The summed E-state index contributed by atoms with van der Waals surface area (Å²) >= 11 is 6.24. The van der Waals surface area contributed by atoms with Crippen molar-refractivity contribution in [3.8, 4) is 0 Å². The molecule has 0 saturated carbocycles. The first-order valence-corrected chi connectivity index (χ1v) is 10.6. The number of hydrogen-bond acceptors (Lipinski definition) is 6. The summed E-state index contributed by atoms with van der Waals surface area (Å²) < 4.78 is 0. The third kappa shape index (κ3) is 4.33. The highest BCUT2D eigenvalue weighted by atomic mass is 35.5. The Morgan fingerprint density at radius 2 is 1.77 bits per heavy atom. The zero-order chi connectivity index (χ0) is 21.1. The number of nitrogens with two attached hydrogens (primary N) is 1. The highest BCUT2D eigenvalue weighted by molar-refractivity contribution is 6.34. The average molecular weight is 429 g/mol. The smallest absolute Gasteiger partial charge is 0.276 e. The Bertz CT molecular complexity index is 939. The van der Waals surface area contributed by atoms with Crippen LogP contribution in [-0.4, -0.2) is 48.0 Å². The molecule has 0 bridgehead atoms. The van der Waals surface area contributed by atoms with Crippen LogP contribution in [0.25, 0.3) is 0 Å².